The van der Waals surface area contributed by atoms with Crippen molar-refractivity contribution in [3.63, 3.8) is 0 Å². The molecule has 3 heterocycles. The number of nitrogens with zero attached hydrogens (tertiary/aromatic N) is 4. The van der Waals surface area contributed by atoms with E-state index in [0.717, 1.165) is 27.9 Å². The van der Waals surface area contributed by atoms with E-state index in [1.54, 1.807) is 20.8 Å². The summed E-state index contributed by atoms with van der Waals surface area (Å²) in [5.74, 6) is 1.12. The molecule has 3 aromatic rings. The zero-order chi connectivity index (χ0) is 29.5. The number of benzene rings is 1. The Hall–Kier alpha value is -3.20. The second kappa shape index (κ2) is 8.66. The summed E-state index contributed by atoms with van der Waals surface area (Å²) >= 11 is 0. The van der Waals surface area contributed by atoms with Crippen molar-refractivity contribution in [1.82, 2.24) is 19.6 Å². The normalized spacial score (nSPS) is 28.7. The molecular formula is C29H36N4O5. The summed E-state index contributed by atoms with van der Waals surface area (Å²) < 4.78 is 41.1. The van der Waals surface area contributed by atoms with Gasteiger partial charge in [0.1, 0.15) is 22.7 Å². The lowest BCUT2D eigenvalue weighted by molar-refractivity contribution is -0.130. The first kappa shape index (κ1) is 21.7. The molecule has 202 valence electrons. The van der Waals surface area contributed by atoms with Crippen LogP contribution in [0.25, 0.3) is 22.2 Å². The molecule has 9 heteroatoms. The number of carbonyl (C=O) groups is 2. The highest BCUT2D eigenvalue weighted by atomic mass is 16.6. The second-order valence-corrected chi connectivity index (χ2v) is 12.0. The molecule has 0 spiro atoms. The summed E-state index contributed by atoms with van der Waals surface area (Å²) in [6.07, 6.45) is 2.46. The van der Waals surface area contributed by atoms with E-state index < -0.39 is 24.3 Å². The quantitative estimate of drug-likeness (QED) is 0.425. The average molecular weight is 524 g/mol. The van der Waals surface area contributed by atoms with Crippen molar-refractivity contribution in [3.8, 4) is 11.1 Å². The number of hydrogen-bond donors (Lipinski definition) is 0. The van der Waals surface area contributed by atoms with Gasteiger partial charge < -0.3 is 18.6 Å². The second-order valence-electron chi connectivity index (χ2n) is 12.0. The predicted molar refractivity (Wildman–Crippen MR) is 140 cm³/mol. The van der Waals surface area contributed by atoms with Gasteiger partial charge in [-0.3, -0.25) is 4.79 Å². The van der Waals surface area contributed by atoms with Crippen LogP contribution >= 0.6 is 0 Å². The lowest BCUT2D eigenvalue weighted by Gasteiger charge is -2.33. The summed E-state index contributed by atoms with van der Waals surface area (Å²) in [6, 6.07) is 6.06. The van der Waals surface area contributed by atoms with Crippen LogP contribution in [0.4, 0.5) is 4.79 Å². The van der Waals surface area contributed by atoms with Crippen LogP contribution in [0.2, 0.25) is 0 Å². The number of imide groups is 1. The third kappa shape index (κ3) is 3.85. The predicted octanol–water partition coefficient (Wildman–Crippen LogP) is 5.82. The molecule has 2 saturated carbocycles. The summed E-state index contributed by atoms with van der Waals surface area (Å²) in [5.41, 5.74) is 2.66. The molecule has 0 N–H and O–H groups in total. The van der Waals surface area contributed by atoms with Gasteiger partial charge >= 0.3 is 6.09 Å². The van der Waals surface area contributed by atoms with Crippen molar-refractivity contribution in [2.24, 2.45) is 5.92 Å². The Bertz CT molecular complexity index is 1510. The monoisotopic (exact) mass is 523 g/mol. The molecular weight excluding hydrogens is 484 g/mol. The third-order valence-corrected chi connectivity index (χ3v) is 8.29. The highest BCUT2D eigenvalue weighted by Crippen LogP contribution is 2.63. The van der Waals surface area contributed by atoms with Gasteiger partial charge in [-0.15, -0.1) is 0 Å². The average Bonchev–Trinajstić information content (AvgIpc) is 3.12. The molecule has 38 heavy (non-hydrogen) atoms. The van der Waals surface area contributed by atoms with E-state index in [1.807, 2.05) is 32.0 Å². The molecule has 1 aliphatic heterocycles. The van der Waals surface area contributed by atoms with Gasteiger partial charge in [0.2, 0.25) is 5.91 Å². The molecule has 2 aliphatic carbocycles. The van der Waals surface area contributed by atoms with E-state index in [4.69, 9.17) is 23.1 Å². The van der Waals surface area contributed by atoms with E-state index in [0.29, 0.717) is 43.7 Å². The van der Waals surface area contributed by atoms with Crippen LogP contribution in [0.3, 0.4) is 0 Å². The maximum absolute atomic E-state index is 13.4. The fourth-order valence-corrected chi connectivity index (χ4v) is 6.55. The van der Waals surface area contributed by atoms with Gasteiger partial charge in [0, 0.05) is 31.0 Å². The Morgan fingerprint density at radius 1 is 1.21 bits per heavy atom. The SMILES string of the molecule is [2H]C([2H])([2H])O[C@H]1CC[C@H](n2c([C@]34C[C@H]3CC(=O)N4C(=O)OC(C)(C)C)nc3cc(-c4c(C)noc4C)ccc32)CC1. The first-order chi connectivity index (χ1) is 19.2. The van der Waals surface area contributed by atoms with Crippen molar-refractivity contribution >= 4 is 23.0 Å². The maximum Gasteiger partial charge on any atom is 0.417 e. The Balaban J connectivity index is 1.44. The topological polar surface area (TPSA) is 99.7 Å². The largest absolute Gasteiger partial charge is 0.443 e. The molecule has 2 atom stereocenters. The van der Waals surface area contributed by atoms with Crippen LogP contribution in [-0.4, -0.2) is 50.4 Å². The van der Waals surface area contributed by atoms with E-state index in [-0.39, 0.29) is 30.4 Å². The Morgan fingerprint density at radius 2 is 1.97 bits per heavy atom. The Labute approximate surface area is 226 Å². The molecule has 9 nitrogen and oxygen atoms in total. The number of likely N-dealkylation sites (tertiary alicyclic amines) is 1. The standard InChI is InChI=1S/C29H36N4O5/c1-16-25(17(2)38-31-16)18-7-12-23-22(13-18)30-26(32(23)20-8-10-21(36-6)11-9-20)29-15-19(29)14-24(34)33(29)27(35)37-28(3,4)5/h7,12-13,19-21H,8-11,14-15H2,1-6H3/t19-,20-,21-,29+/m1/s1/i6D3. The molecule has 0 bridgehead atoms. The van der Waals surface area contributed by atoms with Gasteiger partial charge in [0.05, 0.1) is 26.9 Å². The number of hydrogen-bond acceptors (Lipinski definition) is 7. The van der Waals surface area contributed by atoms with E-state index in [2.05, 4.69) is 9.72 Å². The number of imidazole rings is 1. The molecule has 2 aromatic heterocycles. The van der Waals surface area contributed by atoms with Crippen LogP contribution in [-0.2, 0) is 19.8 Å². The van der Waals surface area contributed by atoms with Gasteiger partial charge in [0.25, 0.3) is 0 Å². The number of amides is 2. The van der Waals surface area contributed by atoms with Crippen LogP contribution < -0.4 is 0 Å². The minimum Gasteiger partial charge on any atom is -0.443 e. The number of aromatic nitrogens is 3. The van der Waals surface area contributed by atoms with Crippen molar-refractivity contribution in [2.75, 3.05) is 7.04 Å². The fraction of sp³-hybridized carbons (Fsp3) is 0.586. The van der Waals surface area contributed by atoms with Crippen molar-refractivity contribution < 1.29 is 27.7 Å². The van der Waals surface area contributed by atoms with Gasteiger partial charge in [-0.2, -0.15) is 0 Å². The number of fused-ring (bicyclic) bond motifs is 2. The first-order valence-corrected chi connectivity index (χ1v) is 13.4. The Morgan fingerprint density at radius 3 is 2.63 bits per heavy atom. The van der Waals surface area contributed by atoms with Crippen LogP contribution in [0, 0.1) is 19.8 Å². The fourth-order valence-electron chi connectivity index (χ4n) is 6.55. The third-order valence-electron chi connectivity index (χ3n) is 8.29. The molecule has 2 amide bonds. The molecule has 3 aliphatic rings. The maximum atomic E-state index is 13.4. The molecule has 6 rings (SSSR count). The van der Waals surface area contributed by atoms with Crippen molar-refractivity contribution in [1.29, 1.82) is 0 Å². The number of piperidine rings is 1. The highest BCUT2D eigenvalue weighted by molar-refractivity contribution is 5.97. The zero-order valence-corrected chi connectivity index (χ0v) is 22.5. The van der Waals surface area contributed by atoms with Gasteiger partial charge in [-0.05, 0) is 84.4 Å². The molecule has 1 saturated heterocycles. The smallest absolute Gasteiger partial charge is 0.417 e. The molecule has 3 fully saturated rings. The minimum atomic E-state index is -2.43. The summed E-state index contributed by atoms with van der Waals surface area (Å²) in [4.78, 5) is 33.0. The zero-order valence-electron chi connectivity index (χ0n) is 25.5. The number of aryl methyl sites for hydroxylation is 2. The summed E-state index contributed by atoms with van der Waals surface area (Å²) in [5, 5.41) is 4.10. The van der Waals surface area contributed by atoms with E-state index in [9.17, 15) is 9.59 Å². The number of carbonyl (C=O) groups excluding carboxylic acids is 2. The highest BCUT2D eigenvalue weighted by Gasteiger charge is 2.71. The summed E-state index contributed by atoms with van der Waals surface area (Å²) in [7, 11) is -2.43. The lowest BCUT2D eigenvalue weighted by atomic mass is 9.92. The van der Waals surface area contributed by atoms with Gasteiger partial charge in [-0.25, -0.2) is 14.7 Å². The molecule has 1 aromatic carbocycles. The van der Waals surface area contributed by atoms with Crippen LogP contribution in [0.15, 0.2) is 22.7 Å². The summed E-state index contributed by atoms with van der Waals surface area (Å²) in [6.45, 7) is 9.13. The Kier molecular flexibility index (Phi) is 4.95. The van der Waals surface area contributed by atoms with Gasteiger partial charge in [0.15, 0.2) is 0 Å². The van der Waals surface area contributed by atoms with Crippen molar-refractivity contribution in [2.45, 2.75) is 96.4 Å². The van der Waals surface area contributed by atoms with Gasteiger partial charge in [-0.1, -0.05) is 11.2 Å². The molecule has 0 radical (unpaired) electrons. The van der Waals surface area contributed by atoms with Crippen LogP contribution in [0.1, 0.15) is 86.7 Å². The van der Waals surface area contributed by atoms with E-state index in [1.165, 1.54) is 4.90 Å². The van der Waals surface area contributed by atoms with Crippen LogP contribution in [0.5, 0.6) is 0 Å². The number of rotatable bonds is 4. The number of methoxy groups -OCH3 is 1. The van der Waals surface area contributed by atoms with E-state index >= 15 is 0 Å². The lowest BCUT2D eigenvalue weighted by Crippen LogP contribution is -2.45. The van der Waals surface area contributed by atoms with Crippen molar-refractivity contribution in [3.05, 3.63) is 35.5 Å². The molecule has 0 unspecified atom stereocenters. The first-order valence-electron chi connectivity index (χ1n) is 14.9. The minimum absolute atomic E-state index is 0.00294. The number of ether oxygens (including phenoxy) is 2.